The average molecular weight is 476 g/mol. The molecular weight excluding hydrogens is 446 g/mol. The number of amides is 2. The van der Waals surface area contributed by atoms with E-state index in [-0.39, 0.29) is 18.2 Å². The predicted molar refractivity (Wildman–Crippen MR) is 132 cm³/mol. The number of carbonyl (C=O) groups is 2. The molecule has 0 fully saturated rings. The first-order chi connectivity index (χ1) is 17.0. The Morgan fingerprint density at radius 1 is 0.971 bits per heavy atom. The van der Waals surface area contributed by atoms with Crippen molar-refractivity contribution >= 4 is 17.5 Å². The molecule has 1 aromatic heterocycles. The summed E-state index contributed by atoms with van der Waals surface area (Å²) in [6.45, 7) is 0.895. The van der Waals surface area contributed by atoms with Gasteiger partial charge in [-0.15, -0.1) is 0 Å². The number of hydrogen-bond acceptors (Lipinski definition) is 6. The molecule has 1 aliphatic rings. The van der Waals surface area contributed by atoms with Crippen LogP contribution in [-0.2, 0) is 24.2 Å². The van der Waals surface area contributed by atoms with Crippen molar-refractivity contribution in [1.29, 1.82) is 0 Å². The van der Waals surface area contributed by atoms with E-state index in [1.165, 1.54) is 0 Å². The van der Waals surface area contributed by atoms with Gasteiger partial charge in [0, 0.05) is 24.8 Å². The summed E-state index contributed by atoms with van der Waals surface area (Å²) in [7, 11) is 4.74. The predicted octanol–water partition coefficient (Wildman–Crippen LogP) is 3.56. The van der Waals surface area contributed by atoms with Gasteiger partial charge in [-0.2, -0.15) is 0 Å². The third-order valence-corrected chi connectivity index (χ3v) is 6.03. The number of hydrogen-bond donors (Lipinski definition) is 1. The number of methoxy groups -OCH3 is 3. The topological polar surface area (TPSA) is 90.0 Å². The number of nitrogens with zero attached hydrogens (tertiary/aromatic N) is 2. The minimum atomic E-state index is -0.266. The normalized spacial score (nSPS) is 12.5. The molecule has 182 valence electrons. The van der Waals surface area contributed by atoms with Crippen molar-refractivity contribution in [2.45, 2.75) is 25.8 Å². The molecule has 35 heavy (non-hydrogen) atoms. The van der Waals surface area contributed by atoms with Crippen molar-refractivity contribution in [2.24, 2.45) is 0 Å². The molecule has 1 N–H and O–H groups in total. The highest BCUT2D eigenvalue weighted by molar-refractivity contribution is 5.99. The van der Waals surface area contributed by atoms with Crippen LogP contribution in [0.2, 0.25) is 0 Å². The van der Waals surface area contributed by atoms with Crippen molar-refractivity contribution in [3.63, 3.8) is 0 Å². The maximum Gasteiger partial charge on any atom is 0.253 e. The summed E-state index contributed by atoms with van der Waals surface area (Å²) < 4.78 is 16.0. The zero-order valence-electron chi connectivity index (χ0n) is 20.2. The van der Waals surface area contributed by atoms with Crippen LogP contribution in [0.5, 0.6) is 17.2 Å². The minimum absolute atomic E-state index is 0.0554. The first-order valence-electron chi connectivity index (χ1n) is 11.4. The van der Waals surface area contributed by atoms with Crippen molar-refractivity contribution < 1.29 is 23.8 Å². The number of carbonyl (C=O) groups excluding carboxylic acids is 2. The van der Waals surface area contributed by atoms with Gasteiger partial charge in [0.2, 0.25) is 5.91 Å². The van der Waals surface area contributed by atoms with Crippen LogP contribution in [0.1, 0.15) is 33.6 Å². The highest BCUT2D eigenvalue weighted by Crippen LogP contribution is 2.29. The summed E-state index contributed by atoms with van der Waals surface area (Å²) in [5, 5.41) is 2.91. The monoisotopic (exact) mass is 475 g/mol. The van der Waals surface area contributed by atoms with Gasteiger partial charge in [-0.3, -0.25) is 14.6 Å². The molecule has 0 spiro atoms. The lowest BCUT2D eigenvalue weighted by Gasteiger charge is -2.29. The number of nitrogens with one attached hydrogen (secondary N) is 1. The molecule has 0 atom stereocenters. The van der Waals surface area contributed by atoms with Crippen molar-refractivity contribution in [2.75, 3.05) is 32.8 Å². The maximum absolute atomic E-state index is 13.2. The average Bonchev–Trinajstić information content (AvgIpc) is 2.91. The number of aromatic nitrogens is 1. The third kappa shape index (κ3) is 5.37. The van der Waals surface area contributed by atoms with E-state index in [0.29, 0.717) is 41.6 Å². The molecule has 0 aliphatic carbocycles. The van der Waals surface area contributed by atoms with Crippen LogP contribution >= 0.6 is 0 Å². The van der Waals surface area contributed by atoms with Gasteiger partial charge in [0.05, 0.1) is 44.7 Å². The van der Waals surface area contributed by atoms with Gasteiger partial charge in [-0.1, -0.05) is 24.3 Å². The van der Waals surface area contributed by atoms with E-state index in [2.05, 4.69) is 10.3 Å². The lowest BCUT2D eigenvalue weighted by atomic mass is 10.0. The van der Waals surface area contributed by atoms with Gasteiger partial charge in [0.1, 0.15) is 5.75 Å². The number of rotatable bonds is 8. The fourth-order valence-corrected chi connectivity index (χ4v) is 4.20. The molecule has 2 aromatic carbocycles. The number of benzene rings is 2. The fourth-order valence-electron chi connectivity index (χ4n) is 4.20. The van der Waals surface area contributed by atoms with Crippen LogP contribution in [0.4, 0.5) is 5.69 Å². The molecule has 2 heterocycles. The maximum atomic E-state index is 13.2. The van der Waals surface area contributed by atoms with Gasteiger partial charge < -0.3 is 24.4 Å². The SMILES string of the molecule is COc1ccccc1CC(=O)N1CCCc2ncc(C(=O)NCc3ccc(OC)c(OC)c3)cc21. The number of anilines is 1. The second-order valence-electron chi connectivity index (χ2n) is 8.20. The van der Waals surface area contributed by atoms with Gasteiger partial charge in [-0.05, 0) is 42.7 Å². The number of fused-ring (bicyclic) bond motifs is 1. The second kappa shape index (κ2) is 10.9. The summed E-state index contributed by atoms with van der Waals surface area (Å²) >= 11 is 0. The summed E-state index contributed by atoms with van der Waals surface area (Å²) in [5.41, 5.74) is 3.61. The molecular formula is C27H29N3O5. The third-order valence-electron chi connectivity index (χ3n) is 6.03. The van der Waals surface area contributed by atoms with E-state index in [4.69, 9.17) is 14.2 Å². The second-order valence-corrected chi connectivity index (χ2v) is 8.20. The summed E-state index contributed by atoms with van der Waals surface area (Å²) in [5.74, 6) is 1.58. The van der Waals surface area contributed by atoms with E-state index in [1.54, 1.807) is 44.6 Å². The Hall–Kier alpha value is -4.07. The summed E-state index contributed by atoms with van der Waals surface area (Å²) in [4.78, 5) is 32.4. The summed E-state index contributed by atoms with van der Waals surface area (Å²) in [6.07, 6.45) is 3.36. The van der Waals surface area contributed by atoms with Gasteiger partial charge in [-0.25, -0.2) is 0 Å². The Labute approximate surface area is 204 Å². The quantitative estimate of drug-likeness (QED) is 0.536. The van der Waals surface area contributed by atoms with Gasteiger partial charge >= 0.3 is 0 Å². The van der Waals surface area contributed by atoms with Crippen molar-refractivity contribution in [1.82, 2.24) is 10.3 Å². The van der Waals surface area contributed by atoms with Crippen LogP contribution in [-0.4, -0.2) is 44.7 Å². The highest BCUT2D eigenvalue weighted by atomic mass is 16.5. The first kappa shape index (κ1) is 24.1. The van der Waals surface area contributed by atoms with Crippen LogP contribution in [0.25, 0.3) is 0 Å². The molecule has 4 rings (SSSR count). The molecule has 2 amide bonds. The zero-order valence-corrected chi connectivity index (χ0v) is 20.2. The Kier molecular flexibility index (Phi) is 7.50. The molecule has 1 aliphatic heterocycles. The van der Waals surface area contributed by atoms with Crippen LogP contribution in [0.3, 0.4) is 0 Å². The molecule has 0 bridgehead atoms. The molecule has 0 saturated heterocycles. The number of ether oxygens (including phenoxy) is 3. The Morgan fingerprint density at radius 2 is 1.74 bits per heavy atom. The van der Waals surface area contributed by atoms with Crippen LogP contribution in [0.15, 0.2) is 54.7 Å². The molecule has 8 nitrogen and oxygen atoms in total. The van der Waals surface area contributed by atoms with E-state index in [1.807, 2.05) is 36.4 Å². The largest absolute Gasteiger partial charge is 0.496 e. The van der Waals surface area contributed by atoms with Crippen molar-refractivity contribution in [3.05, 3.63) is 77.1 Å². The summed E-state index contributed by atoms with van der Waals surface area (Å²) in [6, 6.07) is 14.7. The van der Waals surface area contributed by atoms with E-state index < -0.39 is 0 Å². The van der Waals surface area contributed by atoms with Crippen molar-refractivity contribution in [3.8, 4) is 17.2 Å². The fraction of sp³-hybridized carbons (Fsp3) is 0.296. The van der Waals surface area contributed by atoms with Crippen LogP contribution < -0.4 is 24.4 Å². The first-order valence-corrected chi connectivity index (χ1v) is 11.4. The zero-order chi connectivity index (χ0) is 24.8. The lowest BCUT2D eigenvalue weighted by Crippen LogP contribution is -2.37. The van der Waals surface area contributed by atoms with E-state index >= 15 is 0 Å². The minimum Gasteiger partial charge on any atom is -0.496 e. The number of aryl methyl sites for hydroxylation is 1. The molecule has 0 radical (unpaired) electrons. The number of pyridine rings is 1. The smallest absolute Gasteiger partial charge is 0.253 e. The van der Waals surface area contributed by atoms with Gasteiger partial charge in [0.25, 0.3) is 5.91 Å². The highest BCUT2D eigenvalue weighted by Gasteiger charge is 2.25. The lowest BCUT2D eigenvalue weighted by molar-refractivity contribution is -0.118. The Morgan fingerprint density at radius 3 is 2.51 bits per heavy atom. The Bertz CT molecular complexity index is 1230. The standard InChI is InChI=1S/C27H29N3O5/c1-33-23-9-5-4-7-19(23)15-26(31)30-12-6-8-21-22(30)14-20(17-28-21)27(32)29-16-18-10-11-24(34-2)25(13-18)35-3/h4-5,7,9-11,13-14,17H,6,8,12,15-16H2,1-3H3,(H,29,32). The van der Waals surface area contributed by atoms with E-state index in [9.17, 15) is 9.59 Å². The Balaban J connectivity index is 1.49. The molecule has 0 saturated carbocycles. The van der Waals surface area contributed by atoms with E-state index in [0.717, 1.165) is 29.7 Å². The van der Waals surface area contributed by atoms with Crippen LogP contribution in [0, 0.1) is 0 Å². The number of para-hydroxylation sites is 1. The molecule has 8 heteroatoms. The van der Waals surface area contributed by atoms with Gasteiger partial charge in [0.15, 0.2) is 11.5 Å². The molecule has 3 aromatic rings. The molecule has 0 unspecified atom stereocenters.